The summed E-state index contributed by atoms with van der Waals surface area (Å²) in [6.07, 6.45) is 5.31. The Bertz CT molecular complexity index is 924. The summed E-state index contributed by atoms with van der Waals surface area (Å²) in [4.78, 5) is 0. The third-order valence-corrected chi connectivity index (χ3v) is 4.69. The van der Waals surface area contributed by atoms with Crippen molar-refractivity contribution in [2.45, 2.75) is 25.9 Å². The van der Waals surface area contributed by atoms with Crippen molar-refractivity contribution in [3.63, 3.8) is 0 Å². The molecule has 5 nitrogen and oxygen atoms in total. The predicted molar refractivity (Wildman–Crippen MR) is 91.7 cm³/mol. The molecule has 1 aliphatic carbocycles. The number of ether oxygens (including phenoxy) is 2. The summed E-state index contributed by atoms with van der Waals surface area (Å²) in [7, 11) is 1.43. The van der Waals surface area contributed by atoms with Gasteiger partial charge in [0.2, 0.25) is 0 Å². The minimum absolute atomic E-state index is 0.185. The summed E-state index contributed by atoms with van der Waals surface area (Å²) in [5.41, 5.74) is 1.37. The zero-order chi connectivity index (χ0) is 17.4. The maximum atomic E-state index is 13.5. The molecule has 1 saturated carbocycles. The molecule has 3 aromatic rings. The van der Waals surface area contributed by atoms with E-state index in [9.17, 15) is 4.39 Å². The first-order chi connectivity index (χ1) is 12.2. The number of nitrogens with zero attached hydrogens (tertiary/aromatic N) is 3. The fraction of sp³-hybridized carbons (Fsp3) is 0.333. The van der Waals surface area contributed by atoms with Crippen LogP contribution in [0, 0.1) is 11.7 Å². The van der Waals surface area contributed by atoms with E-state index in [0.717, 1.165) is 23.7 Å². The number of methoxy groups -OCH3 is 1. The Morgan fingerprint density at radius 2 is 2.08 bits per heavy atom. The second kappa shape index (κ2) is 6.52. The zero-order valence-electron chi connectivity index (χ0n) is 13.7. The second-order valence-corrected chi connectivity index (χ2v) is 6.59. The van der Waals surface area contributed by atoms with E-state index in [1.807, 2.05) is 10.6 Å². The number of halogens is 2. The highest BCUT2D eigenvalue weighted by atomic mass is 35.5. The number of benzene rings is 1. The van der Waals surface area contributed by atoms with Gasteiger partial charge in [0.1, 0.15) is 23.2 Å². The van der Waals surface area contributed by atoms with Crippen LogP contribution in [0.2, 0.25) is 5.02 Å². The average molecular weight is 362 g/mol. The molecule has 0 amide bonds. The Balaban J connectivity index is 1.54. The van der Waals surface area contributed by atoms with Crippen molar-refractivity contribution >= 4 is 17.2 Å². The fourth-order valence-corrected chi connectivity index (χ4v) is 2.99. The van der Waals surface area contributed by atoms with Gasteiger partial charge in [-0.2, -0.15) is 0 Å². The van der Waals surface area contributed by atoms with Crippen LogP contribution in [0.5, 0.6) is 11.5 Å². The molecule has 0 aliphatic heterocycles. The molecule has 2 heterocycles. The van der Waals surface area contributed by atoms with Crippen LogP contribution < -0.4 is 9.47 Å². The standard InChI is InChI=1S/C18H17ClFN3O2/c1-24-15-8-12(4-5-13(15)20)10-25-14-6-7-23-16(9-11-2-3-11)21-22-18(23)17(14)19/h4-8,11H,2-3,9-10H2,1H3. The quantitative estimate of drug-likeness (QED) is 0.664. The van der Waals surface area contributed by atoms with Crippen LogP contribution in [0.15, 0.2) is 30.5 Å². The molecule has 1 aliphatic rings. The van der Waals surface area contributed by atoms with Crippen LogP contribution >= 0.6 is 11.6 Å². The Morgan fingerprint density at radius 1 is 1.24 bits per heavy atom. The SMILES string of the molecule is COc1cc(COc2ccn3c(CC4CC4)nnc3c2Cl)ccc1F. The van der Waals surface area contributed by atoms with Crippen molar-refractivity contribution in [1.82, 2.24) is 14.6 Å². The van der Waals surface area contributed by atoms with E-state index in [1.54, 1.807) is 18.2 Å². The number of rotatable bonds is 6. The Labute approximate surface area is 149 Å². The van der Waals surface area contributed by atoms with E-state index in [4.69, 9.17) is 21.1 Å². The summed E-state index contributed by atoms with van der Waals surface area (Å²) in [6, 6.07) is 6.41. The molecule has 0 spiro atoms. The van der Waals surface area contributed by atoms with Crippen LogP contribution in [-0.4, -0.2) is 21.7 Å². The molecule has 0 saturated heterocycles. The van der Waals surface area contributed by atoms with Gasteiger partial charge in [-0.25, -0.2) is 4.39 Å². The zero-order valence-corrected chi connectivity index (χ0v) is 14.5. The van der Waals surface area contributed by atoms with E-state index in [2.05, 4.69) is 10.2 Å². The van der Waals surface area contributed by atoms with E-state index in [-0.39, 0.29) is 12.4 Å². The molecule has 7 heteroatoms. The molecule has 25 heavy (non-hydrogen) atoms. The van der Waals surface area contributed by atoms with Gasteiger partial charge in [0.15, 0.2) is 17.2 Å². The van der Waals surface area contributed by atoms with Gasteiger partial charge in [0, 0.05) is 12.6 Å². The molecular formula is C18H17ClFN3O2. The van der Waals surface area contributed by atoms with Gasteiger partial charge >= 0.3 is 0 Å². The first kappa shape index (κ1) is 16.1. The number of hydrogen-bond donors (Lipinski definition) is 0. The highest BCUT2D eigenvalue weighted by Gasteiger charge is 2.24. The lowest BCUT2D eigenvalue weighted by molar-refractivity contribution is 0.304. The Kier molecular flexibility index (Phi) is 4.21. The van der Waals surface area contributed by atoms with E-state index in [0.29, 0.717) is 16.4 Å². The molecule has 1 aromatic carbocycles. The molecule has 1 fully saturated rings. The largest absolute Gasteiger partial charge is 0.494 e. The minimum atomic E-state index is -0.405. The Morgan fingerprint density at radius 3 is 2.84 bits per heavy atom. The Hall–Kier alpha value is -2.34. The summed E-state index contributed by atoms with van der Waals surface area (Å²) in [5.74, 6) is 1.94. The topological polar surface area (TPSA) is 48.7 Å². The molecule has 0 N–H and O–H groups in total. The van der Waals surface area contributed by atoms with Gasteiger partial charge in [-0.1, -0.05) is 17.7 Å². The summed E-state index contributed by atoms with van der Waals surface area (Å²) >= 11 is 6.42. The molecular weight excluding hydrogens is 345 g/mol. The molecule has 4 rings (SSSR count). The maximum Gasteiger partial charge on any atom is 0.183 e. The second-order valence-electron chi connectivity index (χ2n) is 6.21. The number of aromatic nitrogens is 3. The van der Waals surface area contributed by atoms with Gasteiger partial charge in [0.05, 0.1) is 7.11 Å². The number of hydrogen-bond acceptors (Lipinski definition) is 4. The molecule has 2 aromatic heterocycles. The van der Waals surface area contributed by atoms with Gasteiger partial charge < -0.3 is 9.47 Å². The lowest BCUT2D eigenvalue weighted by Gasteiger charge is -2.10. The average Bonchev–Trinajstić information content (AvgIpc) is 3.34. The van der Waals surface area contributed by atoms with Crippen LogP contribution in [-0.2, 0) is 13.0 Å². The summed E-state index contributed by atoms with van der Waals surface area (Å²) in [5, 5.41) is 8.85. The van der Waals surface area contributed by atoms with Crippen LogP contribution in [0.1, 0.15) is 24.2 Å². The van der Waals surface area contributed by atoms with E-state index >= 15 is 0 Å². The van der Waals surface area contributed by atoms with Crippen molar-refractivity contribution in [1.29, 1.82) is 0 Å². The van der Waals surface area contributed by atoms with Crippen LogP contribution in [0.25, 0.3) is 5.65 Å². The van der Waals surface area contributed by atoms with Crippen molar-refractivity contribution in [3.05, 3.63) is 52.7 Å². The van der Waals surface area contributed by atoms with Gasteiger partial charge in [-0.15, -0.1) is 10.2 Å². The molecule has 0 bridgehead atoms. The van der Waals surface area contributed by atoms with E-state index in [1.165, 1.54) is 26.0 Å². The van der Waals surface area contributed by atoms with Crippen molar-refractivity contribution in [3.8, 4) is 11.5 Å². The van der Waals surface area contributed by atoms with Crippen LogP contribution in [0.3, 0.4) is 0 Å². The van der Waals surface area contributed by atoms with E-state index < -0.39 is 5.82 Å². The van der Waals surface area contributed by atoms with Crippen molar-refractivity contribution in [2.75, 3.05) is 7.11 Å². The van der Waals surface area contributed by atoms with Crippen LogP contribution in [0.4, 0.5) is 4.39 Å². The molecule has 0 atom stereocenters. The van der Waals surface area contributed by atoms with Crippen molar-refractivity contribution in [2.24, 2.45) is 5.92 Å². The van der Waals surface area contributed by atoms with Gasteiger partial charge in [0.25, 0.3) is 0 Å². The number of pyridine rings is 1. The minimum Gasteiger partial charge on any atom is -0.494 e. The third-order valence-electron chi connectivity index (χ3n) is 4.33. The maximum absolute atomic E-state index is 13.5. The molecule has 0 unspecified atom stereocenters. The summed E-state index contributed by atoms with van der Waals surface area (Å²) in [6.45, 7) is 0.246. The first-order valence-electron chi connectivity index (χ1n) is 8.13. The normalized spacial score (nSPS) is 14.0. The highest BCUT2D eigenvalue weighted by Crippen LogP contribution is 2.34. The predicted octanol–water partition coefficient (Wildman–Crippen LogP) is 4.06. The fourth-order valence-electron chi connectivity index (χ4n) is 2.74. The number of fused-ring (bicyclic) bond motifs is 1. The lowest BCUT2D eigenvalue weighted by atomic mass is 10.2. The lowest BCUT2D eigenvalue weighted by Crippen LogP contribution is -2.00. The first-order valence-corrected chi connectivity index (χ1v) is 8.51. The summed E-state index contributed by atoms with van der Waals surface area (Å²) < 4.78 is 26.1. The van der Waals surface area contributed by atoms with Gasteiger partial charge in [-0.3, -0.25) is 4.40 Å². The van der Waals surface area contributed by atoms with Crippen molar-refractivity contribution < 1.29 is 13.9 Å². The third kappa shape index (κ3) is 3.26. The molecule has 0 radical (unpaired) electrons. The highest BCUT2D eigenvalue weighted by molar-refractivity contribution is 6.34. The smallest absolute Gasteiger partial charge is 0.183 e. The molecule has 130 valence electrons. The monoisotopic (exact) mass is 361 g/mol. The van der Waals surface area contributed by atoms with Gasteiger partial charge in [-0.05, 0) is 42.5 Å².